The number of carbonyl (C=O) groups excluding carboxylic acids is 1. The van der Waals surface area contributed by atoms with E-state index in [4.69, 9.17) is 16.1 Å². The zero-order valence-corrected chi connectivity index (χ0v) is 15.1. The van der Waals surface area contributed by atoms with Gasteiger partial charge in [0.1, 0.15) is 0 Å². The highest BCUT2D eigenvalue weighted by Crippen LogP contribution is 2.23. The van der Waals surface area contributed by atoms with E-state index in [1.807, 2.05) is 19.1 Å². The molecule has 7 heteroatoms. The monoisotopic (exact) mass is 360 g/mol. The number of anilines is 1. The van der Waals surface area contributed by atoms with Crippen LogP contribution in [0.15, 0.2) is 28.8 Å². The number of aryl methyl sites for hydroxylation is 2. The summed E-state index contributed by atoms with van der Waals surface area (Å²) in [5, 5.41) is 7.36. The van der Waals surface area contributed by atoms with Crippen molar-refractivity contribution in [2.45, 2.75) is 26.2 Å². The number of nitrogens with zero attached hydrogens (tertiary/aromatic N) is 3. The number of likely N-dealkylation sites (N-methyl/N-ethyl adjacent to an activating group) is 1. The van der Waals surface area contributed by atoms with Gasteiger partial charge in [0.2, 0.25) is 11.8 Å². The second-order valence-electron chi connectivity index (χ2n) is 6.28. The van der Waals surface area contributed by atoms with Crippen molar-refractivity contribution in [2.75, 3.05) is 25.5 Å². The normalized spacial score (nSPS) is 15.1. The largest absolute Gasteiger partial charge is 0.339 e. The van der Waals surface area contributed by atoms with Crippen LogP contribution < -0.4 is 5.32 Å². The molecule has 1 aromatic carbocycles. The zero-order chi connectivity index (χ0) is 17.8. The van der Waals surface area contributed by atoms with Gasteiger partial charge in [0.25, 0.3) is 0 Å². The number of carbonyl (C=O) groups is 1. The van der Waals surface area contributed by atoms with Crippen molar-refractivity contribution in [2.24, 2.45) is 0 Å². The van der Waals surface area contributed by atoms with Gasteiger partial charge >= 0.3 is 0 Å². The van der Waals surface area contributed by atoms with E-state index in [-0.39, 0.29) is 12.3 Å². The maximum atomic E-state index is 12.1. The Balaban J connectivity index is 1.54. The van der Waals surface area contributed by atoms with E-state index in [9.17, 15) is 4.79 Å². The second-order valence-corrected chi connectivity index (χ2v) is 6.69. The van der Waals surface area contributed by atoms with Gasteiger partial charge in [-0.3, -0.25) is 4.79 Å². The topological polar surface area (TPSA) is 71.3 Å². The lowest BCUT2D eigenvalue weighted by molar-refractivity contribution is -0.116. The van der Waals surface area contributed by atoms with Crippen LogP contribution in [0.3, 0.4) is 0 Å². The van der Waals surface area contributed by atoms with Gasteiger partial charge in [0.15, 0.2) is 5.82 Å². The zero-order valence-electron chi connectivity index (χ0n) is 14.4. The van der Waals surface area contributed by atoms with Gasteiger partial charge in [-0.1, -0.05) is 28.9 Å². The Morgan fingerprint density at radius 3 is 3.00 bits per heavy atom. The molecule has 0 spiro atoms. The summed E-state index contributed by atoms with van der Waals surface area (Å²) in [6.07, 6.45) is 3.68. The molecule has 0 aliphatic carbocycles. The lowest BCUT2D eigenvalue weighted by Crippen LogP contribution is -2.23. The fourth-order valence-electron chi connectivity index (χ4n) is 2.62. The predicted molar refractivity (Wildman–Crippen MR) is 97.5 cm³/mol. The van der Waals surface area contributed by atoms with Crippen LogP contribution in [0, 0.1) is 6.92 Å². The van der Waals surface area contributed by atoms with Crippen molar-refractivity contribution in [3.05, 3.63) is 46.6 Å². The Hall–Kier alpha value is -2.18. The van der Waals surface area contributed by atoms with Gasteiger partial charge in [-0.15, -0.1) is 0 Å². The fourth-order valence-corrected chi connectivity index (χ4v) is 2.90. The van der Waals surface area contributed by atoms with E-state index in [1.54, 1.807) is 6.07 Å². The first kappa shape index (κ1) is 17.6. The SMILES string of the molecule is Cc1ccc(NC(=O)CCc2nc(C3=CCN(C)CC3)no2)c(Cl)c1. The van der Waals surface area contributed by atoms with Crippen LogP contribution in [-0.2, 0) is 11.2 Å². The first-order chi connectivity index (χ1) is 12.0. The highest BCUT2D eigenvalue weighted by molar-refractivity contribution is 6.33. The van der Waals surface area contributed by atoms with Crippen molar-refractivity contribution >= 4 is 28.8 Å². The van der Waals surface area contributed by atoms with E-state index in [0.717, 1.165) is 30.6 Å². The van der Waals surface area contributed by atoms with E-state index < -0.39 is 0 Å². The Labute approximate surface area is 151 Å². The number of benzene rings is 1. The molecule has 3 rings (SSSR count). The first-order valence-electron chi connectivity index (χ1n) is 8.28. The summed E-state index contributed by atoms with van der Waals surface area (Å²) in [6, 6.07) is 5.52. The van der Waals surface area contributed by atoms with Crippen LogP contribution in [0.1, 0.15) is 30.1 Å². The maximum Gasteiger partial charge on any atom is 0.227 e. The fraction of sp³-hybridized carbons (Fsp3) is 0.389. The lowest BCUT2D eigenvalue weighted by atomic mass is 10.1. The Morgan fingerprint density at radius 1 is 1.44 bits per heavy atom. The average Bonchev–Trinajstić information content (AvgIpc) is 3.05. The summed E-state index contributed by atoms with van der Waals surface area (Å²) in [7, 11) is 2.08. The molecule has 25 heavy (non-hydrogen) atoms. The van der Waals surface area contributed by atoms with Crippen molar-refractivity contribution in [3.63, 3.8) is 0 Å². The molecule has 132 valence electrons. The lowest BCUT2D eigenvalue weighted by Gasteiger charge is -2.19. The summed E-state index contributed by atoms with van der Waals surface area (Å²) < 4.78 is 5.26. The number of rotatable bonds is 5. The minimum absolute atomic E-state index is 0.135. The number of hydrogen-bond acceptors (Lipinski definition) is 5. The smallest absolute Gasteiger partial charge is 0.227 e. The number of amides is 1. The molecular weight excluding hydrogens is 340 g/mol. The summed E-state index contributed by atoms with van der Waals surface area (Å²) in [4.78, 5) is 18.7. The van der Waals surface area contributed by atoms with Crippen LogP contribution in [0.2, 0.25) is 5.02 Å². The molecule has 6 nitrogen and oxygen atoms in total. The predicted octanol–water partition coefficient (Wildman–Crippen LogP) is 3.32. The molecule has 0 radical (unpaired) electrons. The molecule has 0 unspecified atom stereocenters. The first-order valence-corrected chi connectivity index (χ1v) is 8.65. The van der Waals surface area contributed by atoms with Crippen LogP contribution >= 0.6 is 11.6 Å². The summed E-state index contributed by atoms with van der Waals surface area (Å²) in [5.74, 6) is 0.967. The quantitative estimate of drug-likeness (QED) is 0.885. The van der Waals surface area contributed by atoms with Gasteiger partial charge in [-0.25, -0.2) is 0 Å². The van der Waals surface area contributed by atoms with Crippen LogP contribution in [0.25, 0.3) is 5.57 Å². The van der Waals surface area contributed by atoms with Crippen molar-refractivity contribution in [1.82, 2.24) is 15.0 Å². The molecule has 2 aromatic rings. The highest BCUT2D eigenvalue weighted by Gasteiger charge is 2.16. The Morgan fingerprint density at radius 2 is 2.28 bits per heavy atom. The van der Waals surface area contributed by atoms with Crippen LogP contribution in [-0.4, -0.2) is 41.1 Å². The molecule has 0 saturated carbocycles. The van der Waals surface area contributed by atoms with Gasteiger partial charge < -0.3 is 14.7 Å². The Bertz CT molecular complexity index is 800. The standard InChI is InChI=1S/C18H21ClN4O2/c1-12-3-4-15(14(19)11-12)20-16(24)5-6-17-21-18(22-25-17)13-7-9-23(2)10-8-13/h3-4,7,11H,5-6,8-10H2,1-2H3,(H,20,24). The third-order valence-corrected chi connectivity index (χ3v) is 4.44. The number of halogens is 1. The summed E-state index contributed by atoms with van der Waals surface area (Å²) in [6.45, 7) is 3.82. The molecular formula is C18H21ClN4O2. The molecule has 2 heterocycles. The maximum absolute atomic E-state index is 12.1. The van der Waals surface area contributed by atoms with Gasteiger partial charge in [0.05, 0.1) is 10.7 Å². The van der Waals surface area contributed by atoms with Crippen molar-refractivity contribution in [3.8, 4) is 0 Å². The van der Waals surface area contributed by atoms with E-state index in [0.29, 0.717) is 28.8 Å². The summed E-state index contributed by atoms with van der Waals surface area (Å²) >= 11 is 6.13. The van der Waals surface area contributed by atoms with Crippen LogP contribution in [0.4, 0.5) is 5.69 Å². The number of aromatic nitrogens is 2. The average molecular weight is 361 g/mol. The van der Waals surface area contributed by atoms with E-state index in [1.165, 1.54) is 0 Å². The molecule has 1 aliphatic heterocycles. The van der Waals surface area contributed by atoms with Crippen LogP contribution in [0.5, 0.6) is 0 Å². The second kappa shape index (κ2) is 7.80. The molecule has 1 N–H and O–H groups in total. The minimum atomic E-state index is -0.135. The minimum Gasteiger partial charge on any atom is -0.339 e. The Kier molecular flexibility index (Phi) is 5.50. The molecule has 1 amide bonds. The van der Waals surface area contributed by atoms with Gasteiger partial charge in [-0.2, -0.15) is 4.98 Å². The molecule has 1 aromatic heterocycles. The molecule has 0 saturated heterocycles. The molecule has 0 atom stereocenters. The van der Waals surface area contributed by atoms with E-state index in [2.05, 4.69) is 33.5 Å². The van der Waals surface area contributed by atoms with E-state index >= 15 is 0 Å². The third kappa shape index (κ3) is 4.67. The highest BCUT2D eigenvalue weighted by atomic mass is 35.5. The molecule has 0 fully saturated rings. The number of nitrogens with one attached hydrogen (secondary N) is 1. The third-order valence-electron chi connectivity index (χ3n) is 4.13. The van der Waals surface area contributed by atoms with Crippen molar-refractivity contribution < 1.29 is 9.32 Å². The molecule has 1 aliphatic rings. The van der Waals surface area contributed by atoms with Gasteiger partial charge in [-0.05, 0) is 43.7 Å². The van der Waals surface area contributed by atoms with Gasteiger partial charge in [0, 0.05) is 25.9 Å². The summed E-state index contributed by atoms with van der Waals surface area (Å²) in [5.41, 5.74) is 2.76. The molecule has 0 bridgehead atoms. The number of hydrogen-bond donors (Lipinski definition) is 1. The van der Waals surface area contributed by atoms with Crippen molar-refractivity contribution in [1.29, 1.82) is 0 Å².